The summed E-state index contributed by atoms with van der Waals surface area (Å²) < 4.78 is 33.3. The molecule has 2 heterocycles. The fourth-order valence-corrected chi connectivity index (χ4v) is 5.31. The van der Waals surface area contributed by atoms with E-state index in [0.717, 1.165) is 4.31 Å². The average molecular weight is 363 g/mol. The summed E-state index contributed by atoms with van der Waals surface area (Å²) in [5.41, 5.74) is 1.50. The summed E-state index contributed by atoms with van der Waals surface area (Å²) in [6.45, 7) is 0. The molecule has 6 heteroatoms. The van der Waals surface area contributed by atoms with E-state index in [2.05, 4.69) is 0 Å². The molecule has 0 bridgehead atoms. The van der Waals surface area contributed by atoms with Crippen molar-refractivity contribution in [1.29, 1.82) is 0 Å². The third-order valence-corrected chi connectivity index (χ3v) is 6.54. The minimum absolute atomic E-state index is 0.0476. The van der Waals surface area contributed by atoms with Gasteiger partial charge in [0.25, 0.3) is 15.9 Å². The van der Waals surface area contributed by atoms with Gasteiger partial charge >= 0.3 is 0 Å². The van der Waals surface area contributed by atoms with Crippen molar-refractivity contribution in [3.63, 3.8) is 0 Å². The van der Waals surface area contributed by atoms with Crippen LogP contribution in [0, 0.1) is 0 Å². The minimum Gasteiger partial charge on any atom is -0.457 e. The molecule has 3 aromatic rings. The molecule has 0 N–H and O–H groups in total. The number of amides is 1. The Labute approximate surface area is 150 Å². The number of para-hydroxylation sites is 2. The van der Waals surface area contributed by atoms with Crippen LogP contribution in [0.2, 0.25) is 0 Å². The van der Waals surface area contributed by atoms with E-state index in [9.17, 15) is 13.2 Å². The summed E-state index contributed by atoms with van der Waals surface area (Å²) in [5.74, 6) is 0.586. The number of hydrogen-bond acceptors (Lipinski definition) is 4. The SMILES string of the molecule is O=C1c2ccccc2S(=O)(=O)N1C1c2ccccc2Oc2ccccc21. The quantitative estimate of drug-likeness (QED) is 0.661. The first-order valence-corrected chi connectivity index (χ1v) is 9.56. The summed E-state index contributed by atoms with van der Waals surface area (Å²) in [6, 6.07) is 19.9. The van der Waals surface area contributed by atoms with Crippen LogP contribution >= 0.6 is 0 Å². The molecule has 2 aliphatic heterocycles. The zero-order valence-electron chi connectivity index (χ0n) is 13.5. The molecular weight excluding hydrogens is 350 g/mol. The first-order valence-electron chi connectivity index (χ1n) is 8.12. The van der Waals surface area contributed by atoms with E-state index in [1.807, 2.05) is 24.3 Å². The Hall–Kier alpha value is -3.12. The van der Waals surface area contributed by atoms with Crippen LogP contribution in [0.3, 0.4) is 0 Å². The highest BCUT2D eigenvalue weighted by Gasteiger charge is 2.48. The second kappa shape index (κ2) is 5.19. The fraction of sp³-hybridized carbons (Fsp3) is 0.0500. The highest BCUT2D eigenvalue weighted by molar-refractivity contribution is 7.90. The molecule has 0 atom stereocenters. The Bertz CT molecular complexity index is 1120. The molecule has 128 valence electrons. The average Bonchev–Trinajstić information content (AvgIpc) is 2.86. The van der Waals surface area contributed by atoms with Crippen molar-refractivity contribution in [1.82, 2.24) is 4.31 Å². The molecule has 0 unspecified atom stereocenters. The number of nitrogens with zero attached hydrogens (tertiary/aromatic N) is 1. The molecule has 5 rings (SSSR count). The maximum Gasteiger partial charge on any atom is 0.269 e. The number of sulfonamides is 1. The van der Waals surface area contributed by atoms with Gasteiger partial charge in [0.2, 0.25) is 0 Å². The van der Waals surface area contributed by atoms with Crippen molar-refractivity contribution < 1.29 is 17.9 Å². The van der Waals surface area contributed by atoms with Crippen LogP contribution in [0.5, 0.6) is 11.5 Å². The van der Waals surface area contributed by atoms with Crippen molar-refractivity contribution in [2.75, 3.05) is 0 Å². The van der Waals surface area contributed by atoms with Crippen molar-refractivity contribution in [3.8, 4) is 11.5 Å². The number of rotatable bonds is 1. The van der Waals surface area contributed by atoms with Crippen molar-refractivity contribution in [2.45, 2.75) is 10.9 Å². The lowest BCUT2D eigenvalue weighted by Gasteiger charge is -2.33. The van der Waals surface area contributed by atoms with E-state index >= 15 is 0 Å². The molecule has 0 saturated heterocycles. The Morgan fingerprint density at radius 1 is 0.769 bits per heavy atom. The van der Waals surface area contributed by atoms with E-state index < -0.39 is 22.0 Å². The Kier molecular flexibility index (Phi) is 3.02. The van der Waals surface area contributed by atoms with Gasteiger partial charge in [0.05, 0.1) is 5.56 Å². The standard InChI is InChI=1S/C20H13NO4S/c22-20-15-9-3-6-12-18(15)26(23,24)21(20)19-13-7-1-4-10-16(13)25-17-11-5-2-8-14(17)19/h1-12,19H. The molecule has 1 amide bonds. The van der Waals surface area contributed by atoms with Gasteiger partial charge in [-0.15, -0.1) is 0 Å². The molecule has 2 aliphatic rings. The molecule has 0 aliphatic carbocycles. The molecule has 26 heavy (non-hydrogen) atoms. The largest absolute Gasteiger partial charge is 0.457 e. The highest BCUT2D eigenvalue weighted by Crippen LogP contribution is 2.49. The normalized spacial score (nSPS) is 17.2. The molecule has 0 aromatic heterocycles. The maximum atomic E-state index is 13.2. The van der Waals surface area contributed by atoms with Gasteiger partial charge in [-0.25, -0.2) is 12.7 Å². The van der Waals surface area contributed by atoms with Gasteiger partial charge in [0, 0.05) is 11.1 Å². The summed E-state index contributed by atoms with van der Waals surface area (Å²) in [5, 5.41) is 0. The number of benzene rings is 3. The van der Waals surface area contributed by atoms with Gasteiger partial charge in [-0.1, -0.05) is 48.5 Å². The number of fused-ring (bicyclic) bond motifs is 3. The third kappa shape index (κ3) is 1.90. The molecule has 3 aromatic carbocycles. The Morgan fingerprint density at radius 2 is 1.31 bits per heavy atom. The molecule has 5 nitrogen and oxygen atoms in total. The second-order valence-electron chi connectivity index (χ2n) is 6.18. The van der Waals surface area contributed by atoms with E-state index in [1.54, 1.807) is 42.5 Å². The fourth-order valence-electron chi connectivity index (χ4n) is 3.60. The molecule has 0 radical (unpaired) electrons. The van der Waals surface area contributed by atoms with Gasteiger partial charge in [-0.05, 0) is 24.3 Å². The monoisotopic (exact) mass is 363 g/mol. The number of carbonyl (C=O) groups is 1. The van der Waals surface area contributed by atoms with Gasteiger partial charge in [0.1, 0.15) is 22.4 Å². The third-order valence-electron chi connectivity index (χ3n) is 4.74. The first-order chi connectivity index (χ1) is 12.6. The summed E-state index contributed by atoms with van der Waals surface area (Å²) in [6.07, 6.45) is 0. The second-order valence-corrected chi connectivity index (χ2v) is 7.97. The lowest BCUT2D eigenvalue weighted by molar-refractivity contribution is 0.0843. The van der Waals surface area contributed by atoms with Crippen LogP contribution in [0.1, 0.15) is 27.5 Å². The molecule has 0 spiro atoms. The zero-order valence-corrected chi connectivity index (χ0v) is 14.3. The van der Waals surface area contributed by atoms with Crippen molar-refractivity contribution in [2.24, 2.45) is 0 Å². The number of hydrogen-bond donors (Lipinski definition) is 0. The summed E-state index contributed by atoms with van der Waals surface area (Å²) in [4.78, 5) is 13.1. The van der Waals surface area contributed by atoms with Crippen LogP contribution in [0.4, 0.5) is 0 Å². The van der Waals surface area contributed by atoms with Gasteiger partial charge < -0.3 is 4.74 Å². The van der Waals surface area contributed by atoms with Gasteiger partial charge in [0.15, 0.2) is 0 Å². The maximum absolute atomic E-state index is 13.2. The predicted octanol–water partition coefficient (Wildman–Crippen LogP) is 3.73. The lowest BCUT2D eigenvalue weighted by Crippen LogP contribution is -2.36. The topological polar surface area (TPSA) is 63.7 Å². The van der Waals surface area contributed by atoms with Crippen LogP contribution in [-0.2, 0) is 10.0 Å². The number of ether oxygens (including phenoxy) is 1. The predicted molar refractivity (Wildman–Crippen MR) is 94.6 cm³/mol. The molecule has 0 saturated carbocycles. The van der Waals surface area contributed by atoms with Gasteiger partial charge in [-0.3, -0.25) is 4.79 Å². The molecular formula is C20H13NO4S. The minimum atomic E-state index is -3.95. The van der Waals surface area contributed by atoms with Crippen molar-refractivity contribution in [3.05, 3.63) is 89.5 Å². The Balaban J connectivity index is 1.79. The molecule has 0 fully saturated rings. The van der Waals surface area contributed by atoms with Gasteiger partial charge in [-0.2, -0.15) is 0 Å². The Morgan fingerprint density at radius 3 is 1.92 bits per heavy atom. The van der Waals surface area contributed by atoms with E-state index in [1.165, 1.54) is 6.07 Å². The lowest BCUT2D eigenvalue weighted by atomic mass is 9.94. The van der Waals surface area contributed by atoms with Crippen molar-refractivity contribution >= 4 is 15.9 Å². The van der Waals surface area contributed by atoms with Crippen LogP contribution < -0.4 is 4.74 Å². The van der Waals surface area contributed by atoms with E-state index in [0.29, 0.717) is 22.6 Å². The van der Waals surface area contributed by atoms with Crippen LogP contribution in [0.15, 0.2) is 77.7 Å². The summed E-state index contributed by atoms with van der Waals surface area (Å²) in [7, 11) is -3.95. The van der Waals surface area contributed by atoms with Crippen LogP contribution in [0.25, 0.3) is 0 Å². The summed E-state index contributed by atoms with van der Waals surface area (Å²) >= 11 is 0. The first kappa shape index (κ1) is 15.2. The van der Waals surface area contributed by atoms with E-state index in [4.69, 9.17) is 4.74 Å². The smallest absolute Gasteiger partial charge is 0.269 e. The van der Waals surface area contributed by atoms with E-state index in [-0.39, 0.29) is 10.5 Å². The highest BCUT2D eigenvalue weighted by atomic mass is 32.2. The van der Waals surface area contributed by atoms with Crippen LogP contribution in [-0.4, -0.2) is 18.6 Å². The zero-order chi connectivity index (χ0) is 17.9. The number of carbonyl (C=O) groups excluding carboxylic acids is 1.